The second-order valence-electron chi connectivity index (χ2n) is 3.80. The van der Waals surface area contributed by atoms with Crippen LogP contribution in [0.1, 0.15) is 15.9 Å². The minimum atomic E-state index is -0.420. The molecule has 7 heteroatoms. The first-order valence-corrected chi connectivity index (χ1v) is 7.84. The molecule has 0 bridgehead atoms. The molecule has 1 nitrogen and oxygen atoms in total. The molecule has 2 aromatic carbocycles. The molecule has 2 aromatic rings. The fourth-order valence-electron chi connectivity index (χ4n) is 1.58. The molecule has 104 valence electrons. The maximum Gasteiger partial charge on any atom is 0.197 e. The quantitative estimate of drug-likeness (QED) is 0.285. The van der Waals surface area contributed by atoms with E-state index in [1.165, 1.54) is 6.07 Å². The van der Waals surface area contributed by atoms with Crippen LogP contribution in [0.25, 0.3) is 0 Å². The van der Waals surface area contributed by atoms with Crippen LogP contribution < -0.4 is 0 Å². The smallest absolute Gasteiger partial charge is 0.197 e. The van der Waals surface area contributed by atoms with Crippen molar-refractivity contribution in [2.24, 2.45) is 0 Å². The normalized spacial score (nSPS) is 10.7. The van der Waals surface area contributed by atoms with E-state index in [4.69, 9.17) is 58.0 Å². The van der Waals surface area contributed by atoms with Gasteiger partial charge in [0.2, 0.25) is 0 Å². The Kier molecular flexibility index (Phi) is 5.28. The molecule has 0 aromatic heterocycles. The lowest BCUT2D eigenvalue weighted by Gasteiger charge is -2.10. The van der Waals surface area contributed by atoms with Crippen LogP contribution in [-0.2, 0) is 0 Å². The van der Waals surface area contributed by atoms with Crippen molar-refractivity contribution in [2.75, 3.05) is 0 Å². The summed E-state index contributed by atoms with van der Waals surface area (Å²) in [7, 11) is 0. The molecule has 2 rings (SSSR count). The number of ketones is 1. The molecule has 0 spiro atoms. The van der Waals surface area contributed by atoms with E-state index in [2.05, 4.69) is 15.9 Å². The van der Waals surface area contributed by atoms with E-state index in [9.17, 15) is 4.79 Å². The Hall–Kier alpha value is 0.0400. The molecular weight excluding hydrogens is 429 g/mol. The van der Waals surface area contributed by atoms with Crippen LogP contribution in [0.5, 0.6) is 0 Å². The third kappa shape index (κ3) is 3.11. The van der Waals surface area contributed by atoms with E-state index in [1.54, 1.807) is 18.2 Å². The average molecular weight is 433 g/mol. The largest absolute Gasteiger partial charge is 0.288 e. The summed E-state index contributed by atoms with van der Waals surface area (Å²) in [5.74, 6) is -0.420. The highest BCUT2D eigenvalue weighted by Gasteiger charge is 2.22. The molecule has 0 amide bonds. The van der Waals surface area contributed by atoms with Crippen molar-refractivity contribution in [1.82, 2.24) is 0 Å². The molecule has 20 heavy (non-hydrogen) atoms. The van der Waals surface area contributed by atoms with Gasteiger partial charge in [-0.3, -0.25) is 4.79 Å². The number of carbonyl (C=O) groups is 1. The van der Waals surface area contributed by atoms with Gasteiger partial charge in [-0.1, -0.05) is 73.9 Å². The van der Waals surface area contributed by atoms with Gasteiger partial charge in [0.15, 0.2) is 5.78 Å². The minimum Gasteiger partial charge on any atom is -0.288 e. The van der Waals surface area contributed by atoms with Gasteiger partial charge in [-0.05, 0) is 24.3 Å². The van der Waals surface area contributed by atoms with Gasteiger partial charge in [-0.25, -0.2) is 0 Å². The van der Waals surface area contributed by atoms with Gasteiger partial charge < -0.3 is 0 Å². The molecule has 0 saturated carbocycles. The summed E-state index contributed by atoms with van der Waals surface area (Å²) in [5.41, 5.74) is 0.351. The van der Waals surface area contributed by atoms with Crippen molar-refractivity contribution in [3.8, 4) is 0 Å². The number of carbonyl (C=O) groups excluding carboxylic acids is 1. The van der Waals surface area contributed by atoms with Crippen molar-refractivity contribution < 1.29 is 4.79 Å². The van der Waals surface area contributed by atoms with E-state index in [1.807, 2.05) is 0 Å². The van der Waals surface area contributed by atoms with Crippen LogP contribution in [0.3, 0.4) is 0 Å². The topological polar surface area (TPSA) is 17.1 Å². The molecule has 0 aliphatic rings. The molecule has 0 heterocycles. The summed E-state index contributed by atoms with van der Waals surface area (Å²) in [6.45, 7) is 0. The van der Waals surface area contributed by atoms with E-state index >= 15 is 0 Å². The SMILES string of the molecule is O=C(c1ccc(Br)cc1Cl)c1c(Cl)cc(Cl)c(Cl)c1Cl. The monoisotopic (exact) mass is 430 g/mol. The van der Waals surface area contributed by atoms with Gasteiger partial charge >= 0.3 is 0 Å². The number of rotatable bonds is 2. The molecule has 0 unspecified atom stereocenters. The number of halogens is 6. The molecule has 0 N–H and O–H groups in total. The van der Waals surface area contributed by atoms with E-state index in [0.29, 0.717) is 0 Å². The summed E-state index contributed by atoms with van der Waals surface area (Å²) in [6.07, 6.45) is 0. The minimum absolute atomic E-state index is 0.00755. The summed E-state index contributed by atoms with van der Waals surface area (Å²) in [6, 6.07) is 6.24. The van der Waals surface area contributed by atoms with Crippen LogP contribution >= 0.6 is 73.9 Å². The first-order valence-electron chi connectivity index (χ1n) is 5.15. The van der Waals surface area contributed by atoms with Crippen LogP contribution in [0.4, 0.5) is 0 Å². The summed E-state index contributed by atoms with van der Waals surface area (Å²) < 4.78 is 0.755. The third-order valence-corrected chi connectivity index (χ3v) is 4.88. The highest BCUT2D eigenvalue weighted by molar-refractivity contribution is 9.10. The van der Waals surface area contributed by atoms with Gasteiger partial charge in [0.1, 0.15) is 0 Å². The molecule has 0 saturated heterocycles. The Morgan fingerprint density at radius 1 is 0.850 bits per heavy atom. The Bertz CT molecular complexity index is 714. The predicted octanol–water partition coefficient (Wildman–Crippen LogP) is 6.95. The fourth-order valence-corrected chi connectivity index (χ4v) is 3.43. The van der Waals surface area contributed by atoms with E-state index < -0.39 is 5.78 Å². The lowest BCUT2D eigenvalue weighted by molar-refractivity contribution is 0.103. The van der Waals surface area contributed by atoms with Crippen molar-refractivity contribution >= 4 is 79.7 Å². The lowest BCUT2D eigenvalue weighted by Crippen LogP contribution is -2.04. The molecular formula is C13H4BrCl5O. The average Bonchev–Trinajstić information content (AvgIpc) is 2.36. The van der Waals surface area contributed by atoms with Crippen molar-refractivity contribution in [2.45, 2.75) is 0 Å². The van der Waals surface area contributed by atoms with Gasteiger partial charge in [-0.15, -0.1) is 0 Å². The first kappa shape index (κ1) is 16.4. The fraction of sp³-hybridized carbons (Fsp3) is 0. The van der Waals surface area contributed by atoms with Crippen molar-refractivity contribution in [1.29, 1.82) is 0 Å². The van der Waals surface area contributed by atoms with Crippen LogP contribution in [-0.4, -0.2) is 5.78 Å². The van der Waals surface area contributed by atoms with E-state index in [-0.39, 0.29) is 36.2 Å². The van der Waals surface area contributed by atoms with E-state index in [0.717, 1.165) is 4.47 Å². The highest BCUT2D eigenvalue weighted by atomic mass is 79.9. The molecule has 0 aliphatic heterocycles. The Morgan fingerprint density at radius 3 is 2.10 bits per heavy atom. The standard InChI is InChI=1S/C13H4BrCl5O/c14-5-1-2-6(7(15)3-5)13(20)10-8(16)4-9(17)11(18)12(10)19/h1-4H. The molecule has 0 fully saturated rings. The van der Waals surface area contributed by atoms with Crippen LogP contribution in [0, 0.1) is 0 Å². The highest BCUT2D eigenvalue weighted by Crippen LogP contribution is 2.39. The summed E-state index contributed by atoms with van der Waals surface area (Å²) >= 11 is 33.2. The number of hydrogen-bond donors (Lipinski definition) is 0. The van der Waals surface area contributed by atoms with Gasteiger partial charge in [-0.2, -0.15) is 0 Å². The maximum absolute atomic E-state index is 12.5. The second-order valence-corrected chi connectivity index (χ2v) is 6.69. The zero-order valence-electron chi connectivity index (χ0n) is 9.49. The Balaban J connectivity index is 2.63. The molecule has 0 aliphatic carbocycles. The van der Waals surface area contributed by atoms with Crippen molar-refractivity contribution in [3.05, 3.63) is 65.0 Å². The zero-order chi connectivity index (χ0) is 15.0. The van der Waals surface area contributed by atoms with Gasteiger partial charge in [0.05, 0.1) is 30.7 Å². The molecule has 0 atom stereocenters. The van der Waals surface area contributed by atoms with Crippen LogP contribution in [0.15, 0.2) is 28.7 Å². The zero-order valence-corrected chi connectivity index (χ0v) is 14.9. The predicted molar refractivity (Wildman–Crippen MR) is 89.1 cm³/mol. The van der Waals surface area contributed by atoms with Gasteiger partial charge in [0.25, 0.3) is 0 Å². The third-order valence-electron chi connectivity index (χ3n) is 2.52. The number of hydrogen-bond acceptors (Lipinski definition) is 1. The van der Waals surface area contributed by atoms with Crippen LogP contribution in [0.2, 0.25) is 25.1 Å². The maximum atomic E-state index is 12.5. The second kappa shape index (κ2) is 6.43. The number of benzene rings is 2. The first-order chi connectivity index (χ1) is 9.32. The summed E-state index contributed by atoms with van der Waals surface area (Å²) in [4.78, 5) is 12.5. The molecule has 0 radical (unpaired) electrons. The van der Waals surface area contributed by atoms with Gasteiger partial charge in [0, 0.05) is 10.0 Å². The Morgan fingerprint density at radius 2 is 1.50 bits per heavy atom. The Labute approximate surface area is 148 Å². The van der Waals surface area contributed by atoms with Crippen molar-refractivity contribution in [3.63, 3.8) is 0 Å². The lowest BCUT2D eigenvalue weighted by atomic mass is 10.0. The summed E-state index contributed by atoms with van der Waals surface area (Å²) in [5, 5.41) is 0.665.